The first-order valence-electron chi connectivity index (χ1n) is 7.98. The first-order valence-corrected chi connectivity index (χ1v) is 9.17. The second-order valence-electron chi connectivity index (χ2n) is 5.91. The van der Waals surface area contributed by atoms with Crippen LogP contribution in [0.25, 0.3) is 0 Å². The zero-order valence-electron chi connectivity index (χ0n) is 13.4. The first kappa shape index (κ1) is 17.3. The Kier molecular flexibility index (Phi) is 5.43. The normalized spacial score (nSPS) is 19.8. The van der Waals surface area contributed by atoms with E-state index in [-0.39, 0.29) is 6.04 Å². The van der Waals surface area contributed by atoms with Crippen LogP contribution >= 0.6 is 22.9 Å². The second-order valence-corrected chi connectivity index (χ2v) is 7.66. The van der Waals surface area contributed by atoms with Crippen LogP contribution in [-0.2, 0) is 4.79 Å². The van der Waals surface area contributed by atoms with Gasteiger partial charge < -0.3 is 9.84 Å². The molecule has 6 heteroatoms. The molecule has 128 valence electrons. The molecule has 1 aliphatic heterocycles. The molecule has 24 heavy (non-hydrogen) atoms. The molecule has 1 N–H and O–H groups in total. The fourth-order valence-electron chi connectivity index (χ4n) is 3.33. The van der Waals surface area contributed by atoms with Gasteiger partial charge >= 0.3 is 5.97 Å². The lowest BCUT2D eigenvalue weighted by atomic mass is 9.95. The predicted octanol–water partition coefficient (Wildman–Crippen LogP) is 4.44. The molecule has 4 nitrogen and oxygen atoms in total. The summed E-state index contributed by atoms with van der Waals surface area (Å²) in [4.78, 5) is 14.9. The van der Waals surface area contributed by atoms with Crippen molar-refractivity contribution < 1.29 is 14.6 Å². The average Bonchev–Trinajstić information content (AvgIpc) is 3.01. The summed E-state index contributed by atoms with van der Waals surface area (Å²) in [5.41, 5.74) is 1.03. The molecule has 1 aromatic heterocycles. The van der Waals surface area contributed by atoms with Gasteiger partial charge in [0.05, 0.1) is 17.5 Å². The lowest BCUT2D eigenvalue weighted by Crippen LogP contribution is -2.46. The summed E-state index contributed by atoms with van der Waals surface area (Å²) in [5.74, 6) is 0.00860. The van der Waals surface area contributed by atoms with E-state index in [0.29, 0.717) is 10.8 Å². The van der Waals surface area contributed by atoms with Crippen LogP contribution in [0.3, 0.4) is 0 Å². The second kappa shape index (κ2) is 7.55. The lowest BCUT2D eigenvalue weighted by molar-refractivity contribution is -0.145. The number of halogens is 1. The van der Waals surface area contributed by atoms with Gasteiger partial charge in [-0.25, -0.2) is 0 Å². The maximum Gasteiger partial charge on any atom is 0.320 e. The number of piperidine rings is 1. The highest BCUT2D eigenvalue weighted by Crippen LogP contribution is 2.39. The van der Waals surface area contributed by atoms with Crippen LogP contribution in [0.1, 0.15) is 35.7 Å². The van der Waals surface area contributed by atoms with E-state index in [1.165, 1.54) is 11.3 Å². The monoisotopic (exact) mass is 365 g/mol. The van der Waals surface area contributed by atoms with Gasteiger partial charge in [0.15, 0.2) is 0 Å². The van der Waals surface area contributed by atoms with Crippen molar-refractivity contribution in [2.45, 2.75) is 31.3 Å². The van der Waals surface area contributed by atoms with Crippen LogP contribution < -0.4 is 4.74 Å². The van der Waals surface area contributed by atoms with E-state index in [0.717, 1.165) is 35.6 Å². The number of likely N-dealkylation sites (tertiary alicyclic amines) is 1. The Morgan fingerprint density at radius 3 is 2.88 bits per heavy atom. The summed E-state index contributed by atoms with van der Waals surface area (Å²) in [7, 11) is 1.64. The third kappa shape index (κ3) is 3.58. The minimum absolute atomic E-state index is 0.126. The van der Waals surface area contributed by atoms with Crippen molar-refractivity contribution in [1.82, 2.24) is 4.90 Å². The summed E-state index contributed by atoms with van der Waals surface area (Å²) in [6.45, 7) is 0.758. The fourth-order valence-corrected chi connectivity index (χ4v) is 4.54. The van der Waals surface area contributed by atoms with E-state index in [9.17, 15) is 9.90 Å². The number of hydrogen-bond acceptors (Lipinski definition) is 4. The first-order chi connectivity index (χ1) is 11.6. The molecule has 2 unspecified atom stereocenters. The Morgan fingerprint density at radius 1 is 1.38 bits per heavy atom. The van der Waals surface area contributed by atoms with E-state index in [2.05, 4.69) is 4.90 Å². The zero-order chi connectivity index (χ0) is 17.1. The van der Waals surface area contributed by atoms with Crippen LogP contribution in [0, 0.1) is 0 Å². The molecule has 0 aliphatic carbocycles. The Bertz CT molecular complexity index is 718. The highest BCUT2D eigenvalue weighted by atomic mass is 35.5. The van der Waals surface area contributed by atoms with E-state index in [1.807, 2.05) is 36.4 Å². The number of rotatable bonds is 5. The number of nitrogens with zero attached hydrogens (tertiary/aromatic N) is 1. The number of aliphatic carboxylic acids is 1. The molecule has 1 saturated heterocycles. The molecule has 0 amide bonds. The fraction of sp³-hybridized carbons (Fsp3) is 0.389. The van der Waals surface area contributed by atoms with Crippen LogP contribution in [0.4, 0.5) is 0 Å². The molecular weight excluding hydrogens is 346 g/mol. The summed E-state index contributed by atoms with van der Waals surface area (Å²) in [6, 6.07) is 11.1. The van der Waals surface area contributed by atoms with Crippen molar-refractivity contribution in [1.29, 1.82) is 0 Å². The summed E-state index contributed by atoms with van der Waals surface area (Å²) >= 11 is 7.65. The van der Waals surface area contributed by atoms with E-state index in [1.54, 1.807) is 7.11 Å². The van der Waals surface area contributed by atoms with Crippen molar-refractivity contribution in [3.05, 3.63) is 51.2 Å². The van der Waals surface area contributed by atoms with Crippen molar-refractivity contribution in [3.63, 3.8) is 0 Å². The lowest BCUT2D eigenvalue weighted by Gasteiger charge is -2.39. The van der Waals surface area contributed by atoms with Crippen LogP contribution in [-0.4, -0.2) is 35.7 Å². The number of hydrogen-bond donors (Lipinski definition) is 1. The number of thiophene rings is 1. The molecule has 0 spiro atoms. The molecule has 3 rings (SSSR count). The minimum Gasteiger partial charge on any atom is -0.497 e. The number of carboxylic acids is 1. The van der Waals surface area contributed by atoms with Gasteiger partial charge in [-0.1, -0.05) is 30.2 Å². The van der Waals surface area contributed by atoms with E-state index in [4.69, 9.17) is 16.3 Å². The van der Waals surface area contributed by atoms with Crippen LogP contribution in [0.15, 0.2) is 36.4 Å². The Balaban J connectivity index is 2.05. The van der Waals surface area contributed by atoms with E-state index >= 15 is 0 Å². The molecule has 0 bridgehead atoms. The maximum atomic E-state index is 11.8. The van der Waals surface area contributed by atoms with Gasteiger partial charge in [0.2, 0.25) is 0 Å². The summed E-state index contributed by atoms with van der Waals surface area (Å²) in [5, 5.41) is 9.67. The van der Waals surface area contributed by atoms with Crippen molar-refractivity contribution >= 4 is 28.9 Å². The molecule has 1 fully saturated rings. The Hall–Kier alpha value is -1.56. The standard InChI is InChI=1S/C18H20ClNO3S/c1-23-13-6-4-5-12(11-13)17(15-8-9-16(19)24-15)20-10-3-2-7-14(20)18(21)22/h4-6,8-9,11,14,17H,2-3,7,10H2,1H3,(H,21,22). The number of carbonyl (C=O) groups is 1. The third-order valence-corrected chi connectivity index (χ3v) is 5.72. The number of carboxylic acid groups (broad SMARTS) is 1. The molecule has 2 heterocycles. The minimum atomic E-state index is -0.759. The highest BCUT2D eigenvalue weighted by Gasteiger charge is 2.35. The average molecular weight is 366 g/mol. The van der Waals surface area contributed by atoms with Gasteiger partial charge in [0.25, 0.3) is 0 Å². The third-order valence-electron chi connectivity index (χ3n) is 4.43. The van der Waals surface area contributed by atoms with Gasteiger partial charge in [-0.3, -0.25) is 9.69 Å². The van der Waals surface area contributed by atoms with Crippen molar-refractivity contribution in [2.75, 3.05) is 13.7 Å². The maximum absolute atomic E-state index is 11.8. The van der Waals surface area contributed by atoms with Crippen molar-refractivity contribution in [3.8, 4) is 5.75 Å². The van der Waals surface area contributed by atoms with E-state index < -0.39 is 12.0 Å². The van der Waals surface area contributed by atoms with Gasteiger partial charge in [0, 0.05) is 4.88 Å². The molecular formula is C18H20ClNO3S. The summed E-state index contributed by atoms with van der Waals surface area (Å²) in [6.07, 6.45) is 2.63. The van der Waals surface area contributed by atoms with Crippen LogP contribution in [0.2, 0.25) is 4.34 Å². The van der Waals surface area contributed by atoms with Crippen molar-refractivity contribution in [2.24, 2.45) is 0 Å². The summed E-state index contributed by atoms with van der Waals surface area (Å²) < 4.78 is 6.06. The van der Waals surface area contributed by atoms with Crippen LogP contribution in [0.5, 0.6) is 5.75 Å². The SMILES string of the molecule is COc1cccc(C(c2ccc(Cl)s2)N2CCCCC2C(=O)O)c1. The molecule has 0 saturated carbocycles. The molecule has 2 aromatic rings. The smallest absolute Gasteiger partial charge is 0.320 e. The van der Waals surface area contributed by atoms with Gasteiger partial charge in [-0.15, -0.1) is 11.3 Å². The molecule has 1 aromatic carbocycles. The Labute approximate surface area is 150 Å². The topological polar surface area (TPSA) is 49.8 Å². The number of benzene rings is 1. The highest BCUT2D eigenvalue weighted by molar-refractivity contribution is 7.16. The quantitative estimate of drug-likeness (QED) is 0.851. The Morgan fingerprint density at radius 2 is 2.21 bits per heavy atom. The van der Waals surface area contributed by atoms with Gasteiger partial charge in [-0.2, -0.15) is 0 Å². The number of methoxy groups -OCH3 is 1. The predicted molar refractivity (Wildman–Crippen MR) is 96.1 cm³/mol. The van der Waals surface area contributed by atoms with Gasteiger partial charge in [-0.05, 0) is 49.2 Å². The number of ether oxygens (including phenoxy) is 1. The molecule has 2 atom stereocenters. The molecule has 0 radical (unpaired) electrons. The molecule has 1 aliphatic rings. The largest absolute Gasteiger partial charge is 0.497 e. The van der Waals surface area contributed by atoms with Gasteiger partial charge in [0.1, 0.15) is 11.8 Å². The zero-order valence-corrected chi connectivity index (χ0v) is 15.0.